The van der Waals surface area contributed by atoms with Crippen LogP contribution in [0.4, 0.5) is 5.69 Å². The quantitative estimate of drug-likeness (QED) is 0.774. The van der Waals surface area contributed by atoms with Crippen LogP contribution in [0.1, 0.15) is 33.8 Å². The highest BCUT2D eigenvalue weighted by Crippen LogP contribution is 2.29. The molecule has 1 unspecified atom stereocenters. The number of nitrogens with one attached hydrogen (secondary N) is 1. The molecule has 0 spiro atoms. The lowest BCUT2D eigenvalue weighted by molar-refractivity contribution is 0.881. The molecule has 0 saturated carbocycles. The second kappa shape index (κ2) is 5.45. The second-order valence-electron chi connectivity index (χ2n) is 4.70. The van der Waals surface area contributed by atoms with Crippen LogP contribution in [0, 0.1) is 20.8 Å². The zero-order valence-electron chi connectivity index (χ0n) is 11.2. The minimum Gasteiger partial charge on any atom is -0.378 e. The summed E-state index contributed by atoms with van der Waals surface area (Å²) in [6.07, 6.45) is 0. The van der Waals surface area contributed by atoms with Crippen molar-refractivity contribution >= 4 is 33.0 Å². The predicted octanol–water partition coefficient (Wildman–Crippen LogP) is 5.61. The number of thiophene rings is 1. The fourth-order valence-electron chi connectivity index (χ4n) is 2.14. The van der Waals surface area contributed by atoms with Gasteiger partial charge in [0, 0.05) is 26.0 Å². The van der Waals surface area contributed by atoms with E-state index in [2.05, 4.69) is 73.2 Å². The van der Waals surface area contributed by atoms with E-state index in [0.717, 1.165) is 4.47 Å². The van der Waals surface area contributed by atoms with Gasteiger partial charge in [-0.05, 0) is 63.1 Å². The van der Waals surface area contributed by atoms with Crippen molar-refractivity contribution < 1.29 is 0 Å². The summed E-state index contributed by atoms with van der Waals surface area (Å²) in [5.41, 5.74) is 3.83. The molecule has 0 saturated heterocycles. The molecule has 3 heteroatoms. The molecule has 2 aromatic rings. The summed E-state index contributed by atoms with van der Waals surface area (Å²) in [5.74, 6) is 0. The van der Waals surface area contributed by atoms with E-state index < -0.39 is 0 Å². The van der Waals surface area contributed by atoms with Crippen molar-refractivity contribution in [2.75, 3.05) is 5.32 Å². The Hall–Kier alpha value is -0.800. The van der Waals surface area contributed by atoms with E-state index in [1.165, 1.54) is 26.6 Å². The Labute approximate surface area is 121 Å². The second-order valence-corrected chi connectivity index (χ2v) is 7.01. The summed E-state index contributed by atoms with van der Waals surface area (Å²) < 4.78 is 1.16. The van der Waals surface area contributed by atoms with Crippen molar-refractivity contribution in [3.05, 3.63) is 49.6 Å². The highest BCUT2D eigenvalue weighted by molar-refractivity contribution is 9.10. The predicted molar refractivity (Wildman–Crippen MR) is 84.7 cm³/mol. The van der Waals surface area contributed by atoms with Gasteiger partial charge in [-0.1, -0.05) is 15.9 Å². The van der Waals surface area contributed by atoms with Gasteiger partial charge in [-0.3, -0.25) is 0 Å². The molecule has 0 aliphatic rings. The average molecular weight is 324 g/mol. The van der Waals surface area contributed by atoms with E-state index in [0.29, 0.717) is 6.04 Å². The maximum absolute atomic E-state index is 3.57. The largest absolute Gasteiger partial charge is 0.378 e. The number of halogens is 1. The van der Waals surface area contributed by atoms with Gasteiger partial charge < -0.3 is 5.32 Å². The Morgan fingerprint density at radius 3 is 2.44 bits per heavy atom. The van der Waals surface area contributed by atoms with Gasteiger partial charge >= 0.3 is 0 Å². The SMILES string of the molecule is Cc1cc(C(C)Nc2ccc(Br)c(C)c2)c(C)s1. The van der Waals surface area contributed by atoms with Gasteiger partial charge in [0.2, 0.25) is 0 Å². The molecule has 1 N–H and O–H groups in total. The molecular weight excluding hydrogens is 306 g/mol. The van der Waals surface area contributed by atoms with E-state index in [-0.39, 0.29) is 0 Å². The Kier molecular flexibility index (Phi) is 4.13. The molecule has 1 atom stereocenters. The Bertz CT molecular complexity index is 560. The maximum atomic E-state index is 3.57. The molecule has 18 heavy (non-hydrogen) atoms. The number of anilines is 1. The van der Waals surface area contributed by atoms with Crippen LogP contribution in [0.15, 0.2) is 28.7 Å². The molecule has 0 fully saturated rings. The summed E-state index contributed by atoms with van der Waals surface area (Å²) in [6.45, 7) is 8.68. The first kappa shape index (κ1) is 13.6. The van der Waals surface area contributed by atoms with Crippen molar-refractivity contribution in [1.82, 2.24) is 0 Å². The lowest BCUT2D eigenvalue weighted by Gasteiger charge is -2.16. The number of hydrogen-bond donors (Lipinski definition) is 1. The smallest absolute Gasteiger partial charge is 0.0496 e. The Morgan fingerprint density at radius 2 is 1.89 bits per heavy atom. The molecule has 1 aromatic carbocycles. The molecular formula is C15H18BrNS. The summed E-state index contributed by atoms with van der Waals surface area (Å²) in [6, 6.07) is 9.01. The van der Waals surface area contributed by atoms with Gasteiger partial charge in [0.05, 0.1) is 0 Å². The van der Waals surface area contributed by atoms with Gasteiger partial charge in [-0.15, -0.1) is 11.3 Å². The zero-order valence-corrected chi connectivity index (χ0v) is 13.6. The van der Waals surface area contributed by atoms with Crippen LogP contribution in [0.3, 0.4) is 0 Å². The van der Waals surface area contributed by atoms with Crippen molar-refractivity contribution in [3.63, 3.8) is 0 Å². The lowest BCUT2D eigenvalue weighted by atomic mass is 10.1. The van der Waals surface area contributed by atoms with Crippen LogP contribution in [0.2, 0.25) is 0 Å². The molecule has 1 heterocycles. The highest BCUT2D eigenvalue weighted by atomic mass is 79.9. The first-order valence-electron chi connectivity index (χ1n) is 6.07. The van der Waals surface area contributed by atoms with Crippen molar-refractivity contribution in [3.8, 4) is 0 Å². The van der Waals surface area contributed by atoms with Crippen LogP contribution in [0.5, 0.6) is 0 Å². The number of aryl methyl sites for hydroxylation is 3. The fraction of sp³-hybridized carbons (Fsp3) is 0.333. The molecule has 2 rings (SSSR count). The molecule has 96 valence electrons. The molecule has 0 amide bonds. The fourth-order valence-corrected chi connectivity index (χ4v) is 3.41. The summed E-state index contributed by atoms with van der Waals surface area (Å²) in [4.78, 5) is 2.78. The summed E-state index contributed by atoms with van der Waals surface area (Å²) >= 11 is 5.40. The molecule has 1 nitrogen and oxygen atoms in total. The molecule has 0 aliphatic carbocycles. The molecule has 0 bridgehead atoms. The van der Waals surface area contributed by atoms with E-state index in [9.17, 15) is 0 Å². The van der Waals surface area contributed by atoms with Crippen LogP contribution in [0.25, 0.3) is 0 Å². The number of benzene rings is 1. The minimum absolute atomic E-state index is 0.343. The van der Waals surface area contributed by atoms with Crippen LogP contribution < -0.4 is 5.32 Å². The normalized spacial score (nSPS) is 12.5. The first-order valence-corrected chi connectivity index (χ1v) is 7.68. The minimum atomic E-state index is 0.343. The maximum Gasteiger partial charge on any atom is 0.0496 e. The zero-order chi connectivity index (χ0) is 13.3. The van der Waals surface area contributed by atoms with E-state index in [1.807, 2.05) is 11.3 Å². The lowest BCUT2D eigenvalue weighted by Crippen LogP contribution is -2.06. The summed E-state index contributed by atoms with van der Waals surface area (Å²) in [5, 5.41) is 3.57. The Balaban J connectivity index is 2.18. The van der Waals surface area contributed by atoms with E-state index in [1.54, 1.807) is 0 Å². The highest BCUT2D eigenvalue weighted by Gasteiger charge is 2.11. The van der Waals surface area contributed by atoms with Gasteiger partial charge in [0.15, 0.2) is 0 Å². The van der Waals surface area contributed by atoms with Crippen LogP contribution >= 0.6 is 27.3 Å². The van der Waals surface area contributed by atoms with Crippen LogP contribution in [-0.2, 0) is 0 Å². The summed E-state index contributed by atoms with van der Waals surface area (Å²) in [7, 11) is 0. The average Bonchev–Trinajstić information content (AvgIpc) is 2.63. The van der Waals surface area contributed by atoms with E-state index >= 15 is 0 Å². The van der Waals surface area contributed by atoms with Gasteiger partial charge in [0.1, 0.15) is 0 Å². The molecule has 0 radical (unpaired) electrons. The van der Waals surface area contributed by atoms with Crippen molar-refractivity contribution in [2.24, 2.45) is 0 Å². The van der Waals surface area contributed by atoms with Crippen molar-refractivity contribution in [2.45, 2.75) is 33.7 Å². The van der Waals surface area contributed by atoms with Crippen LogP contribution in [-0.4, -0.2) is 0 Å². The Morgan fingerprint density at radius 1 is 1.17 bits per heavy atom. The standard InChI is InChI=1S/C15H18BrNS/c1-9-7-13(5-6-15(9)16)17-11(3)14-8-10(2)18-12(14)4/h5-8,11,17H,1-4H3. The van der Waals surface area contributed by atoms with Gasteiger partial charge in [-0.2, -0.15) is 0 Å². The molecule has 1 aromatic heterocycles. The van der Waals surface area contributed by atoms with E-state index in [4.69, 9.17) is 0 Å². The van der Waals surface area contributed by atoms with Crippen molar-refractivity contribution in [1.29, 1.82) is 0 Å². The van der Waals surface area contributed by atoms with Gasteiger partial charge in [0.25, 0.3) is 0 Å². The third kappa shape index (κ3) is 2.96. The first-order chi connectivity index (χ1) is 8.47. The topological polar surface area (TPSA) is 12.0 Å². The third-order valence-corrected chi connectivity index (χ3v) is 4.96. The number of hydrogen-bond acceptors (Lipinski definition) is 2. The third-order valence-electron chi connectivity index (χ3n) is 3.09. The monoisotopic (exact) mass is 323 g/mol. The number of rotatable bonds is 3. The van der Waals surface area contributed by atoms with Gasteiger partial charge in [-0.25, -0.2) is 0 Å². The molecule has 0 aliphatic heterocycles.